The predicted octanol–water partition coefficient (Wildman–Crippen LogP) is 2.96. The van der Waals surface area contributed by atoms with Gasteiger partial charge in [0.15, 0.2) is 0 Å². The zero-order chi connectivity index (χ0) is 23.4. The maximum atomic E-state index is 13.5. The molecule has 0 radical (unpaired) electrons. The molecule has 0 aliphatic carbocycles. The fraction of sp³-hybridized carbons (Fsp3) is 0.480. The Morgan fingerprint density at radius 3 is 2.33 bits per heavy atom. The van der Waals surface area contributed by atoms with Crippen molar-refractivity contribution in [2.45, 2.75) is 37.5 Å². The van der Waals surface area contributed by atoms with E-state index in [4.69, 9.17) is 9.88 Å². The summed E-state index contributed by atoms with van der Waals surface area (Å²) in [5.41, 5.74) is 3.78. The minimum atomic E-state index is -3.90. The van der Waals surface area contributed by atoms with Crippen LogP contribution in [0.5, 0.6) is 0 Å². The fourth-order valence-electron chi connectivity index (χ4n) is 4.66. The van der Waals surface area contributed by atoms with E-state index in [0.29, 0.717) is 50.9 Å². The van der Waals surface area contributed by atoms with Crippen LogP contribution in [-0.2, 0) is 21.2 Å². The van der Waals surface area contributed by atoms with Crippen LogP contribution < -0.4 is 10.0 Å². The van der Waals surface area contributed by atoms with E-state index in [-0.39, 0.29) is 10.8 Å². The Morgan fingerprint density at radius 1 is 1.03 bits per heavy atom. The summed E-state index contributed by atoms with van der Waals surface area (Å²) in [6.07, 6.45) is 4.08. The fourth-order valence-corrected chi connectivity index (χ4v) is 5.20. The van der Waals surface area contributed by atoms with Crippen molar-refractivity contribution in [2.75, 3.05) is 44.3 Å². The third-order valence-electron chi connectivity index (χ3n) is 6.74. The first-order valence-electron chi connectivity index (χ1n) is 11.7. The van der Waals surface area contributed by atoms with Gasteiger partial charge in [0.05, 0.1) is 23.7 Å². The van der Waals surface area contributed by atoms with Crippen molar-refractivity contribution >= 4 is 21.6 Å². The Morgan fingerprint density at radius 2 is 1.70 bits per heavy atom. The second-order valence-corrected chi connectivity index (χ2v) is 10.6. The van der Waals surface area contributed by atoms with Gasteiger partial charge in [0.1, 0.15) is 0 Å². The molecule has 2 aromatic carbocycles. The summed E-state index contributed by atoms with van der Waals surface area (Å²) in [6, 6.07) is 13.3. The molecule has 2 saturated heterocycles. The molecule has 4 rings (SSSR count). The lowest BCUT2D eigenvalue weighted by molar-refractivity contribution is 0.0686. The van der Waals surface area contributed by atoms with E-state index >= 15 is 0 Å². The zero-order valence-corrected chi connectivity index (χ0v) is 20.0. The maximum Gasteiger partial charge on any atom is 0.256 e. The Bertz CT molecular complexity index is 1070. The molecule has 2 aliphatic heterocycles. The molecule has 0 bridgehead atoms. The molecule has 2 aliphatic rings. The molecule has 178 valence electrons. The smallest absolute Gasteiger partial charge is 0.256 e. The summed E-state index contributed by atoms with van der Waals surface area (Å²) in [7, 11) is -3.90. The van der Waals surface area contributed by atoms with Crippen LogP contribution in [0.2, 0.25) is 0 Å². The molecule has 1 amide bonds. The molecule has 0 atom stereocenters. The number of sulfonamides is 1. The van der Waals surface area contributed by atoms with Crippen LogP contribution in [0.4, 0.5) is 5.69 Å². The van der Waals surface area contributed by atoms with Crippen molar-refractivity contribution in [2.24, 2.45) is 11.1 Å². The van der Waals surface area contributed by atoms with Crippen LogP contribution >= 0.6 is 0 Å². The first-order chi connectivity index (χ1) is 15.8. The van der Waals surface area contributed by atoms with Gasteiger partial charge in [-0.15, -0.1) is 0 Å². The Kier molecular flexibility index (Phi) is 7.36. The summed E-state index contributed by atoms with van der Waals surface area (Å²) in [6.45, 7) is 5.94. The number of benzene rings is 2. The van der Waals surface area contributed by atoms with Crippen LogP contribution in [0.1, 0.15) is 40.7 Å². The van der Waals surface area contributed by atoms with Crippen molar-refractivity contribution in [1.29, 1.82) is 0 Å². The van der Waals surface area contributed by atoms with Gasteiger partial charge < -0.3 is 14.5 Å². The van der Waals surface area contributed by atoms with Gasteiger partial charge in [-0.3, -0.25) is 4.79 Å². The number of primary sulfonamides is 1. The highest BCUT2D eigenvalue weighted by atomic mass is 32.2. The third-order valence-corrected chi connectivity index (χ3v) is 7.65. The summed E-state index contributed by atoms with van der Waals surface area (Å²) in [4.78, 5) is 17.4. The standard InChI is InChI=1S/C25H33N3O4S/c1-19-2-4-20(5-3-19)6-7-21-10-12-28(13-11-21)25(29)23-18-22(33(26,30)31)8-9-24(23)27-14-16-32-17-15-27/h2-5,8-9,18,21H,6-7,10-17H2,1H3,(H2,26,30,31). The van der Waals surface area contributed by atoms with Gasteiger partial charge in [0.2, 0.25) is 10.0 Å². The van der Waals surface area contributed by atoms with Crippen molar-refractivity contribution < 1.29 is 17.9 Å². The molecule has 0 unspecified atom stereocenters. The quantitative estimate of drug-likeness (QED) is 0.699. The molecule has 7 nitrogen and oxygen atoms in total. The second-order valence-electron chi connectivity index (χ2n) is 9.08. The predicted molar refractivity (Wildman–Crippen MR) is 129 cm³/mol. The lowest BCUT2D eigenvalue weighted by atomic mass is 9.90. The SMILES string of the molecule is Cc1ccc(CCC2CCN(C(=O)c3cc(S(N)(=O)=O)ccc3N3CCOCC3)CC2)cc1. The third kappa shape index (κ3) is 5.93. The minimum Gasteiger partial charge on any atom is -0.378 e. The summed E-state index contributed by atoms with van der Waals surface area (Å²) >= 11 is 0. The molecule has 33 heavy (non-hydrogen) atoms. The van der Waals surface area contributed by atoms with Crippen LogP contribution in [0.3, 0.4) is 0 Å². The monoisotopic (exact) mass is 471 g/mol. The first-order valence-corrected chi connectivity index (χ1v) is 13.2. The summed E-state index contributed by atoms with van der Waals surface area (Å²) in [5, 5.41) is 5.35. The number of carbonyl (C=O) groups is 1. The number of ether oxygens (including phenoxy) is 1. The van der Waals surface area contributed by atoms with E-state index in [1.54, 1.807) is 6.07 Å². The van der Waals surface area contributed by atoms with Gasteiger partial charge in [-0.1, -0.05) is 29.8 Å². The van der Waals surface area contributed by atoms with E-state index in [1.165, 1.54) is 23.3 Å². The summed E-state index contributed by atoms with van der Waals surface area (Å²) < 4.78 is 29.3. The van der Waals surface area contributed by atoms with Crippen molar-refractivity contribution in [1.82, 2.24) is 4.90 Å². The number of amides is 1. The molecule has 2 N–H and O–H groups in total. The lowest BCUT2D eigenvalue weighted by Gasteiger charge is -2.35. The van der Waals surface area contributed by atoms with E-state index in [9.17, 15) is 13.2 Å². The number of nitrogens with zero attached hydrogens (tertiary/aromatic N) is 2. The second kappa shape index (κ2) is 10.2. The zero-order valence-electron chi connectivity index (χ0n) is 19.2. The molecule has 2 fully saturated rings. The number of hydrogen-bond donors (Lipinski definition) is 1. The highest BCUT2D eigenvalue weighted by molar-refractivity contribution is 7.89. The van der Waals surface area contributed by atoms with Gasteiger partial charge in [0, 0.05) is 31.9 Å². The molecular weight excluding hydrogens is 438 g/mol. The van der Waals surface area contributed by atoms with Crippen molar-refractivity contribution in [3.05, 3.63) is 59.2 Å². The Labute approximate surface area is 196 Å². The number of aryl methyl sites for hydroxylation is 2. The number of carbonyl (C=O) groups excluding carboxylic acids is 1. The van der Waals surface area contributed by atoms with Gasteiger partial charge in [-0.2, -0.15) is 0 Å². The van der Waals surface area contributed by atoms with Gasteiger partial charge in [-0.05, 0) is 62.3 Å². The number of morpholine rings is 1. The number of likely N-dealkylation sites (tertiary alicyclic amines) is 1. The molecule has 2 aromatic rings. The van der Waals surface area contributed by atoms with Crippen molar-refractivity contribution in [3.63, 3.8) is 0 Å². The Balaban J connectivity index is 1.44. The van der Waals surface area contributed by atoms with Crippen LogP contribution in [0.25, 0.3) is 0 Å². The minimum absolute atomic E-state index is 0.0316. The number of nitrogens with two attached hydrogens (primary N) is 1. The van der Waals surface area contributed by atoms with E-state index in [2.05, 4.69) is 36.1 Å². The highest BCUT2D eigenvalue weighted by Crippen LogP contribution is 2.29. The average molecular weight is 472 g/mol. The normalized spacial score (nSPS) is 17.9. The number of anilines is 1. The Hall–Kier alpha value is -2.42. The molecular formula is C25H33N3O4S. The molecule has 2 heterocycles. The molecule has 0 saturated carbocycles. The van der Waals surface area contributed by atoms with E-state index in [1.807, 2.05) is 4.90 Å². The van der Waals surface area contributed by atoms with Gasteiger partial charge in [0.25, 0.3) is 5.91 Å². The van der Waals surface area contributed by atoms with Crippen LogP contribution in [0, 0.1) is 12.8 Å². The number of piperidine rings is 1. The first kappa shape index (κ1) is 23.7. The number of hydrogen-bond acceptors (Lipinski definition) is 5. The highest BCUT2D eigenvalue weighted by Gasteiger charge is 2.28. The molecule has 0 aromatic heterocycles. The van der Waals surface area contributed by atoms with E-state index < -0.39 is 10.0 Å². The maximum absolute atomic E-state index is 13.5. The lowest BCUT2D eigenvalue weighted by Crippen LogP contribution is -2.41. The number of rotatable bonds is 6. The van der Waals surface area contributed by atoms with E-state index in [0.717, 1.165) is 31.4 Å². The molecule has 0 spiro atoms. The van der Waals surface area contributed by atoms with Crippen LogP contribution in [0.15, 0.2) is 47.4 Å². The largest absolute Gasteiger partial charge is 0.378 e. The van der Waals surface area contributed by atoms with Crippen molar-refractivity contribution in [3.8, 4) is 0 Å². The van der Waals surface area contributed by atoms with Gasteiger partial charge in [-0.25, -0.2) is 13.6 Å². The van der Waals surface area contributed by atoms with Gasteiger partial charge >= 0.3 is 0 Å². The van der Waals surface area contributed by atoms with Crippen LogP contribution in [-0.4, -0.2) is 58.6 Å². The summed E-state index contributed by atoms with van der Waals surface area (Å²) in [5.74, 6) is 0.462. The molecule has 8 heteroatoms. The topological polar surface area (TPSA) is 92.9 Å². The average Bonchev–Trinajstić information content (AvgIpc) is 2.83.